The molecule has 1 amide bonds. The number of pyridine rings is 1. The van der Waals surface area contributed by atoms with E-state index in [2.05, 4.69) is 15.1 Å². The Hall–Kier alpha value is -2.97. The first-order chi connectivity index (χ1) is 14.6. The average Bonchev–Trinajstić information content (AvgIpc) is 3.16. The van der Waals surface area contributed by atoms with Gasteiger partial charge in [0.2, 0.25) is 0 Å². The molecule has 0 spiro atoms. The van der Waals surface area contributed by atoms with Gasteiger partial charge in [-0.3, -0.25) is 9.78 Å². The minimum Gasteiger partial charge on any atom is -0.330 e. The van der Waals surface area contributed by atoms with E-state index in [9.17, 15) is 18.0 Å². The van der Waals surface area contributed by atoms with Crippen molar-refractivity contribution in [1.82, 2.24) is 24.5 Å². The first-order valence-corrected chi connectivity index (χ1v) is 10.2. The summed E-state index contributed by atoms with van der Waals surface area (Å²) < 4.78 is 42.3. The summed E-state index contributed by atoms with van der Waals surface area (Å²) in [6, 6.07) is 5.50. The van der Waals surface area contributed by atoms with Crippen LogP contribution in [0.4, 0.5) is 13.2 Å². The van der Waals surface area contributed by atoms with E-state index in [1.54, 1.807) is 35.5 Å². The van der Waals surface area contributed by atoms with Crippen LogP contribution in [0.5, 0.6) is 0 Å². The first-order valence-electron chi connectivity index (χ1n) is 10.2. The second-order valence-electron chi connectivity index (χ2n) is 8.86. The van der Waals surface area contributed by atoms with E-state index in [0.717, 1.165) is 23.4 Å². The molecule has 0 saturated carbocycles. The molecule has 0 aromatic carbocycles. The molecule has 1 saturated heterocycles. The minimum absolute atomic E-state index is 0.136. The number of aromatic nitrogens is 4. The van der Waals surface area contributed by atoms with Crippen molar-refractivity contribution in [3.8, 4) is 0 Å². The van der Waals surface area contributed by atoms with Gasteiger partial charge in [-0.05, 0) is 37.5 Å². The highest BCUT2D eigenvalue weighted by Crippen LogP contribution is 2.35. The molecule has 6 nitrogen and oxygen atoms in total. The van der Waals surface area contributed by atoms with Crippen LogP contribution in [0.1, 0.15) is 73.5 Å². The van der Waals surface area contributed by atoms with E-state index in [-0.39, 0.29) is 11.6 Å². The van der Waals surface area contributed by atoms with Crippen molar-refractivity contribution >= 4 is 11.6 Å². The fraction of sp³-hybridized carbons (Fsp3) is 0.455. The molecule has 0 N–H and O–H groups in total. The minimum atomic E-state index is -4.58. The van der Waals surface area contributed by atoms with Gasteiger partial charge in [0.1, 0.15) is 5.69 Å². The molecule has 31 heavy (non-hydrogen) atoms. The molecule has 164 valence electrons. The maximum Gasteiger partial charge on any atom is 0.433 e. The van der Waals surface area contributed by atoms with Crippen LogP contribution in [0.3, 0.4) is 0 Å². The molecule has 4 rings (SSSR count). The number of likely N-dealkylation sites (tertiary alicyclic amines) is 1. The van der Waals surface area contributed by atoms with Crippen LogP contribution in [0.2, 0.25) is 0 Å². The second kappa shape index (κ2) is 7.62. The summed E-state index contributed by atoms with van der Waals surface area (Å²) >= 11 is 0. The number of rotatable bonds is 2. The topological polar surface area (TPSA) is 63.4 Å². The van der Waals surface area contributed by atoms with Gasteiger partial charge in [-0.1, -0.05) is 20.8 Å². The number of carbonyl (C=O) groups is 1. The quantitative estimate of drug-likeness (QED) is 0.584. The lowest BCUT2D eigenvalue weighted by molar-refractivity contribution is -0.142. The van der Waals surface area contributed by atoms with E-state index in [4.69, 9.17) is 0 Å². The Morgan fingerprint density at radius 3 is 2.45 bits per heavy atom. The Balaban J connectivity index is 1.80. The summed E-state index contributed by atoms with van der Waals surface area (Å²) in [5, 5.41) is 4.28. The Morgan fingerprint density at radius 1 is 1.10 bits per heavy atom. The van der Waals surface area contributed by atoms with Gasteiger partial charge in [0, 0.05) is 36.0 Å². The highest BCUT2D eigenvalue weighted by atomic mass is 19.4. The fourth-order valence-corrected chi connectivity index (χ4v) is 3.88. The third-order valence-electron chi connectivity index (χ3n) is 5.54. The summed E-state index contributed by atoms with van der Waals surface area (Å²) in [7, 11) is 0. The summed E-state index contributed by atoms with van der Waals surface area (Å²) in [6.45, 7) is 5.98. The molecule has 3 aromatic heterocycles. The van der Waals surface area contributed by atoms with Crippen molar-refractivity contribution in [2.45, 2.75) is 57.7 Å². The third kappa shape index (κ3) is 4.13. The fourth-order valence-electron chi connectivity index (χ4n) is 3.88. The zero-order chi connectivity index (χ0) is 22.4. The van der Waals surface area contributed by atoms with E-state index >= 15 is 0 Å². The average molecular weight is 431 g/mol. The second-order valence-corrected chi connectivity index (χ2v) is 8.86. The van der Waals surface area contributed by atoms with Crippen LogP contribution in [0.15, 0.2) is 36.7 Å². The Labute approximate surface area is 178 Å². The number of carbonyl (C=O) groups excluding carboxylic acids is 1. The smallest absolute Gasteiger partial charge is 0.330 e. The monoisotopic (exact) mass is 431 g/mol. The molecule has 1 aliphatic heterocycles. The SMILES string of the molecule is CC(C)(C)c1cc(C(F)(F)F)n2nc(C3CCCCN3C(=O)c3ccncc3)cc2n1. The third-order valence-corrected chi connectivity index (χ3v) is 5.54. The standard InChI is InChI=1S/C22H24F3N5O/c1-21(2,3)17-13-18(22(23,24)25)30-19(27-17)12-15(28-30)16-6-4-5-11-29(16)20(31)14-7-9-26-10-8-14/h7-10,12-13,16H,4-6,11H2,1-3H3. The number of piperidine rings is 1. The van der Waals surface area contributed by atoms with Crippen molar-refractivity contribution in [3.05, 3.63) is 59.3 Å². The Kier molecular flexibility index (Phi) is 5.23. The molecular formula is C22H24F3N5O. The zero-order valence-corrected chi connectivity index (χ0v) is 17.6. The van der Waals surface area contributed by atoms with Crippen molar-refractivity contribution in [2.24, 2.45) is 0 Å². The van der Waals surface area contributed by atoms with Crippen LogP contribution in [0.25, 0.3) is 5.65 Å². The summed E-state index contributed by atoms with van der Waals surface area (Å²) in [5.74, 6) is -0.177. The molecule has 0 aliphatic carbocycles. The zero-order valence-electron chi connectivity index (χ0n) is 17.6. The molecule has 4 heterocycles. The number of fused-ring (bicyclic) bond motifs is 1. The van der Waals surface area contributed by atoms with Crippen LogP contribution in [-0.2, 0) is 11.6 Å². The number of nitrogens with zero attached hydrogens (tertiary/aromatic N) is 5. The Morgan fingerprint density at radius 2 is 1.81 bits per heavy atom. The molecule has 1 unspecified atom stereocenters. The summed E-state index contributed by atoms with van der Waals surface area (Å²) in [4.78, 5) is 23.2. The van der Waals surface area contributed by atoms with Crippen LogP contribution >= 0.6 is 0 Å². The van der Waals surface area contributed by atoms with E-state index < -0.39 is 23.3 Å². The molecule has 0 radical (unpaired) electrons. The van der Waals surface area contributed by atoms with Crippen LogP contribution in [-0.4, -0.2) is 36.9 Å². The van der Waals surface area contributed by atoms with Crippen molar-refractivity contribution in [3.63, 3.8) is 0 Å². The van der Waals surface area contributed by atoms with Gasteiger partial charge in [-0.15, -0.1) is 0 Å². The predicted octanol–water partition coefficient (Wildman–Crippen LogP) is 4.81. The van der Waals surface area contributed by atoms with Gasteiger partial charge in [0.25, 0.3) is 5.91 Å². The van der Waals surface area contributed by atoms with E-state index in [1.165, 1.54) is 0 Å². The highest BCUT2D eigenvalue weighted by molar-refractivity contribution is 5.94. The molecule has 9 heteroatoms. The largest absolute Gasteiger partial charge is 0.433 e. The van der Waals surface area contributed by atoms with Crippen molar-refractivity contribution in [2.75, 3.05) is 6.54 Å². The molecule has 3 aromatic rings. The predicted molar refractivity (Wildman–Crippen MR) is 109 cm³/mol. The van der Waals surface area contributed by atoms with E-state index in [1.807, 2.05) is 20.8 Å². The number of halogens is 3. The molecule has 1 atom stereocenters. The number of hydrogen-bond acceptors (Lipinski definition) is 4. The lowest BCUT2D eigenvalue weighted by atomic mass is 9.91. The summed E-state index contributed by atoms with van der Waals surface area (Å²) in [5.41, 5.74) is -0.0263. The maximum atomic E-state index is 13.8. The van der Waals surface area contributed by atoms with Gasteiger partial charge < -0.3 is 4.90 Å². The van der Waals surface area contributed by atoms with E-state index in [0.29, 0.717) is 29.9 Å². The maximum absolute atomic E-state index is 13.8. The van der Waals surface area contributed by atoms with Crippen molar-refractivity contribution < 1.29 is 18.0 Å². The number of hydrogen-bond donors (Lipinski definition) is 0. The van der Waals surface area contributed by atoms with Gasteiger partial charge in [-0.25, -0.2) is 9.50 Å². The molecule has 0 bridgehead atoms. The van der Waals surface area contributed by atoms with Gasteiger partial charge in [0.15, 0.2) is 5.65 Å². The highest BCUT2D eigenvalue weighted by Gasteiger charge is 2.37. The first kappa shape index (κ1) is 21.3. The molecule has 1 fully saturated rings. The van der Waals surface area contributed by atoms with Crippen molar-refractivity contribution in [1.29, 1.82) is 0 Å². The molecular weight excluding hydrogens is 407 g/mol. The van der Waals surface area contributed by atoms with Gasteiger partial charge in [0.05, 0.1) is 17.4 Å². The normalized spacial score (nSPS) is 17.9. The molecule has 1 aliphatic rings. The van der Waals surface area contributed by atoms with Gasteiger partial charge in [-0.2, -0.15) is 18.3 Å². The lowest BCUT2D eigenvalue weighted by Gasteiger charge is -2.34. The number of amides is 1. The number of alkyl halides is 3. The van der Waals surface area contributed by atoms with Gasteiger partial charge >= 0.3 is 6.18 Å². The van der Waals surface area contributed by atoms with Crippen LogP contribution < -0.4 is 0 Å². The summed E-state index contributed by atoms with van der Waals surface area (Å²) in [6.07, 6.45) is 0.847. The lowest BCUT2D eigenvalue weighted by Crippen LogP contribution is -2.38. The Bertz CT molecular complexity index is 1100. The van der Waals surface area contributed by atoms with Crippen LogP contribution in [0, 0.1) is 0 Å².